The molecule has 2 fully saturated rings. The van der Waals surface area contributed by atoms with E-state index in [9.17, 15) is 22.8 Å². The van der Waals surface area contributed by atoms with E-state index in [0.717, 1.165) is 10.5 Å². The first-order chi connectivity index (χ1) is 13.5. The van der Waals surface area contributed by atoms with E-state index in [1.807, 2.05) is 30.3 Å². The number of benzene rings is 1. The monoisotopic (exact) mass is 412 g/mol. The Morgan fingerprint density at radius 3 is 2.41 bits per heavy atom. The third-order valence-electron chi connectivity index (χ3n) is 5.28. The lowest BCUT2D eigenvalue weighted by Gasteiger charge is -2.28. The van der Waals surface area contributed by atoms with Crippen LogP contribution in [0.1, 0.15) is 45.1 Å². The Hall–Kier alpha value is -2.25. The van der Waals surface area contributed by atoms with Crippen LogP contribution >= 0.6 is 0 Å². The second kappa shape index (κ2) is 7.88. The first-order valence-electron chi connectivity index (χ1n) is 9.86. The number of nitrogens with zero attached hydrogens (tertiary/aromatic N) is 2. The van der Waals surface area contributed by atoms with Gasteiger partial charge in [0.05, 0.1) is 0 Å². The van der Waals surface area contributed by atoms with Crippen LogP contribution in [0.15, 0.2) is 30.3 Å². The predicted octanol–water partition coefficient (Wildman–Crippen LogP) is 4.19. The number of carbonyl (C=O) groups is 2. The summed E-state index contributed by atoms with van der Waals surface area (Å²) in [4.78, 5) is 26.8. The van der Waals surface area contributed by atoms with Crippen molar-refractivity contribution in [2.45, 2.75) is 57.3 Å². The van der Waals surface area contributed by atoms with Gasteiger partial charge in [0.1, 0.15) is 5.60 Å². The minimum absolute atomic E-state index is 0.00829. The molecule has 160 valence electrons. The van der Waals surface area contributed by atoms with Crippen LogP contribution in [0.2, 0.25) is 0 Å². The number of carbonyl (C=O) groups excluding carboxylic acids is 2. The Balaban J connectivity index is 1.66. The van der Waals surface area contributed by atoms with Gasteiger partial charge >= 0.3 is 18.2 Å². The highest BCUT2D eigenvalue weighted by Crippen LogP contribution is 2.46. The Bertz CT molecular complexity index is 746. The molecule has 1 aliphatic heterocycles. The topological polar surface area (TPSA) is 49.9 Å². The minimum Gasteiger partial charge on any atom is -0.444 e. The highest BCUT2D eigenvalue weighted by atomic mass is 19.4. The number of likely N-dealkylation sites (tertiary alicyclic amines) is 1. The smallest absolute Gasteiger partial charge is 0.444 e. The second-order valence-electron chi connectivity index (χ2n) is 8.86. The molecule has 0 aromatic heterocycles. The van der Waals surface area contributed by atoms with Crippen LogP contribution < -0.4 is 0 Å². The summed E-state index contributed by atoms with van der Waals surface area (Å²) in [7, 11) is 0. The maximum Gasteiger partial charge on any atom is 0.471 e. The van der Waals surface area contributed by atoms with E-state index >= 15 is 0 Å². The van der Waals surface area contributed by atoms with Gasteiger partial charge in [0.15, 0.2) is 0 Å². The molecule has 0 radical (unpaired) electrons. The Labute approximate surface area is 168 Å². The van der Waals surface area contributed by atoms with Crippen LogP contribution in [0.5, 0.6) is 0 Å². The van der Waals surface area contributed by atoms with E-state index in [1.165, 1.54) is 4.90 Å². The van der Waals surface area contributed by atoms with E-state index < -0.39 is 29.8 Å². The van der Waals surface area contributed by atoms with E-state index in [1.54, 1.807) is 20.8 Å². The van der Waals surface area contributed by atoms with Crippen LogP contribution in [0.25, 0.3) is 0 Å². The maximum absolute atomic E-state index is 13.2. The average Bonchev–Trinajstić information content (AvgIpc) is 3.27. The van der Waals surface area contributed by atoms with Gasteiger partial charge in [-0.1, -0.05) is 30.3 Å². The third kappa shape index (κ3) is 5.42. The van der Waals surface area contributed by atoms with Gasteiger partial charge in [-0.25, -0.2) is 4.79 Å². The Morgan fingerprint density at radius 2 is 1.83 bits per heavy atom. The summed E-state index contributed by atoms with van der Waals surface area (Å²) in [5.41, 5.74) is 0.309. The van der Waals surface area contributed by atoms with Crippen molar-refractivity contribution in [3.63, 3.8) is 0 Å². The molecular weight excluding hydrogens is 385 g/mol. The summed E-state index contributed by atoms with van der Waals surface area (Å²) in [6.45, 7) is 5.99. The molecule has 29 heavy (non-hydrogen) atoms. The van der Waals surface area contributed by atoms with Crippen molar-refractivity contribution < 1.29 is 27.5 Å². The normalized spacial score (nSPS) is 24.3. The van der Waals surface area contributed by atoms with Gasteiger partial charge in [-0.15, -0.1) is 0 Å². The van der Waals surface area contributed by atoms with Crippen LogP contribution in [-0.4, -0.2) is 59.3 Å². The molecule has 1 aromatic rings. The lowest BCUT2D eigenvalue weighted by atomic mass is 10.1. The summed E-state index contributed by atoms with van der Waals surface area (Å²) < 4.78 is 45.0. The molecular formula is C21H27F3N2O3. The molecule has 1 saturated carbocycles. The Kier molecular flexibility index (Phi) is 5.83. The molecule has 1 unspecified atom stereocenters. The number of alkyl halides is 3. The lowest BCUT2D eigenvalue weighted by molar-refractivity contribution is -0.186. The molecule has 1 saturated heterocycles. The number of hydrogen-bond donors (Lipinski definition) is 0. The molecule has 1 heterocycles. The van der Waals surface area contributed by atoms with Crippen molar-refractivity contribution >= 4 is 12.0 Å². The molecule has 3 atom stereocenters. The van der Waals surface area contributed by atoms with Crippen molar-refractivity contribution in [2.75, 3.05) is 19.6 Å². The van der Waals surface area contributed by atoms with Gasteiger partial charge in [-0.3, -0.25) is 4.79 Å². The molecule has 8 heteroatoms. The van der Waals surface area contributed by atoms with E-state index in [2.05, 4.69) is 0 Å². The molecule has 0 N–H and O–H groups in total. The lowest BCUT2D eigenvalue weighted by Crippen LogP contribution is -2.46. The first-order valence-corrected chi connectivity index (χ1v) is 9.86. The SMILES string of the molecule is CC(C)(C)OC(=O)N1CC[C@H](CN(C(=O)C(F)(F)F)C2C[C@H]2c2ccccc2)C1. The zero-order chi connectivity index (χ0) is 21.4. The fourth-order valence-electron chi connectivity index (χ4n) is 3.87. The standard InChI is InChI=1S/C21H27F3N2O3/c1-20(2,3)29-19(28)25-10-9-14(12-25)13-26(18(27)21(22,23)24)17-11-16(17)15-7-5-4-6-8-15/h4-8,14,16-17H,9-13H2,1-3H3/t14-,16-,17?/m0/s1. The fourth-order valence-corrected chi connectivity index (χ4v) is 3.87. The highest BCUT2D eigenvalue weighted by Gasteiger charge is 2.52. The van der Waals surface area contributed by atoms with E-state index in [0.29, 0.717) is 25.9 Å². The van der Waals surface area contributed by atoms with E-state index in [4.69, 9.17) is 4.74 Å². The molecule has 1 aliphatic carbocycles. The van der Waals surface area contributed by atoms with Crippen molar-refractivity contribution in [1.82, 2.24) is 9.80 Å². The van der Waals surface area contributed by atoms with Crippen LogP contribution in [0.3, 0.4) is 0 Å². The van der Waals surface area contributed by atoms with Crippen LogP contribution in [-0.2, 0) is 9.53 Å². The first kappa shape index (κ1) is 21.5. The predicted molar refractivity (Wildman–Crippen MR) is 101 cm³/mol. The average molecular weight is 412 g/mol. The number of rotatable bonds is 4. The molecule has 0 spiro atoms. The van der Waals surface area contributed by atoms with Crippen LogP contribution in [0, 0.1) is 5.92 Å². The van der Waals surface area contributed by atoms with Gasteiger partial charge in [-0.2, -0.15) is 13.2 Å². The molecule has 2 aliphatic rings. The quantitative estimate of drug-likeness (QED) is 0.745. The summed E-state index contributed by atoms with van der Waals surface area (Å²) in [6, 6.07) is 8.83. The van der Waals surface area contributed by atoms with Gasteiger partial charge < -0.3 is 14.5 Å². The second-order valence-corrected chi connectivity index (χ2v) is 8.86. The molecule has 2 amide bonds. The van der Waals surface area contributed by atoms with Gasteiger partial charge in [0.2, 0.25) is 0 Å². The molecule has 0 bridgehead atoms. The van der Waals surface area contributed by atoms with Crippen molar-refractivity contribution in [3.05, 3.63) is 35.9 Å². The highest BCUT2D eigenvalue weighted by molar-refractivity contribution is 5.82. The van der Waals surface area contributed by atoms with Crippen LogP contribution in [0.4, 0.5) is 18.0 Å². The van der Waals surface area contributed by atoms with Gasteiger partial charge in [0, 0.05) is 31.6 Å². The van der Waals surface area contributed by atoms with E-state index in [-0.39, 0.29) is 18.4 Å². The molecule has 5 nitrogen and oxygen atoms in total. The fraction of sp³-hybridized carbons (Fsp3) is 0.619. The Morgan fingerprint density at radius 1 is 1.17 bits per heavy atom. The summed E-state index contributed by atoms with van der Waals surface area (Å²) >= 11 is 0. The summed E-state index contributed by atoms with van der Waals surface area (Å²) in [5, 5.41) is 0. The number of ether oxygens (including phenoxy) is 1. The van der Waals surface area contributed by atoms with Gasteiger partial charge in [-0.05, 0) is 45.1 Å². The number of amides is 2. The van der Waals surface area contributed by atoms with Gasteiger partial charge in [0.25, 0.3) is 0 Å². The zero-order valence-corrected chi connectivity index (χ0v) is 16.9. The minimum atomic E-state index is -4.91. The summed E-state index contributed by atoms with van der Waals surface area (Å²) in [6.07, 6.45) is -4.31. The maximum atomic E-state index is 13.2. The van der Waals surface area contributed by atoms with Crippen molar-refractivity contribution in [1.29, 1.82) is 0 Å². The summed E-state index contributed by atoms with van der Waals surface area (Å²) in [5.74, 6) is -2.08. The number of halogens is 3. The number of hydrogen-bond acceptors (Lipinski definition) is 3. The van der Waals surface area contributed by atoms with Crippen molar-refractivity contribution in [2.24, 2.45) is 5.92 Å². The molecule has 1 aromatic carbocycles. The van der Waals surface area contributed by atoms with Crippen molar-refractivity contribution in [3.8, 4) is 0 Å². The molecule has 3 rings (SSSR count). The largest absolute Gasteiger partial charge is 0.471 e. The zero-order valence-electron chi connectivity index (χ0n) is 16.9. The third-order valence-corrected chi connectivity index (χ3v) is 5.28.